The SMILES string of the molecule is COS(=O)(=O)OC(F)(F)C(F)(F)F. The van der Waals surface area contributed by atoms with Crippen LogP contribution in [0.5, 0.6) is 0 Å². The number of rotatable bonds is 3. The van der Waals surface area contributed by atoms with E-state index in [1.54, 1.807) is 0 Å². The van der Waals surface area contributed by atoms with Crippen molar-refractivity contribution in [1.82, 2.24) is 0 Å². The Hall–Kier alpha value is -0.480. The monoisotopic (exact) mass is 230 g/mol. The van der Waals surface area contributed by atoms with Gasteiger partial charge in [0.25, 0.3) is 0 Å². The van der Waals surface area contributed by atoms with Gasteiger partial charge in [-0.2, -0.15) is 34.6 Å². The van der Waals surface area contributed by atoms with Crippen LogP contribution in [0.3, 0.4) is 0 Å². The normalized spacial score (nSPS) is 14.6. The van der Waals surface area contributed by atoms with E-state index in [2.05, 4.69) is 8.37 Å². The molecule has 0 atom stereocenters. The first-order valence-corrected chi connectivity index (χ1v) is 3.81. The van der Waals surface area contributed by atoms with Crippen LogP contribution < -0.4 is 0 Å². The average molecular weight is 230 g/mol. The third-order valence-corrected chi connectivity index (χ3v) is 1.56. The van der Waals surface area contributed by atoms with E-state index in [0.717, 1.165) is 0 Å². The van der Waals surface area contributed by atoms with Crippen LogP contribution in [0.15, 0.2) is 0 Å². The smallest absolute Gasteiger partial charge is 0.251 e. The molecular formula is C3H3F5O4S. The Balaban J connectivity index is 4.72. The summed E-state index contributed by atoms with van der Waals surface area (Å²) in [7, 11) is -4.95. The van der Waals surface area contributed by atoms with Crippen LogP contribution in [0.1, 0.15) is 0 Å². The average Bonchev–Trinajstić information content (AvgIpc) is 1.83. The summed E-state index contributed by atoms with van der Waals surface area (Å²) in [6.07, 6.45) is -11.9. The van der Waals surface area contributed by atoms with Gasteiger partial charge in [0, 0.05) is 0 Å². The summed E-state index contributed by atoms with van der Waals surface area (Å²) in [5.41, 5.74) is 0. The van der Waals surface area contributed by atoms with Crippen molar-refractivity contribution in [3.8, 4) is 0 Å². The first-order valence-electron chi connectivity index (χ1n) is 2.47. The third kappa shape index (κ3) is 3.40. The molecule has 0 saturated heterocycles. The summed E-state index contributed by atoms with van der Waals surface area (Å²) < 4.78 is 83.3. The predicted octanol–water partition coefficient (Wildman–Crippen LogP) is 1.05. The summed E-state index contributed by atoms with van der Waals surface area (Å²) in [6.45, 7) is 0. The zero-order chi connectivity index (χ0) is 10.9. The van der Waals surface area contributed by atoms with Crippen LogP contribution >= 0.6 is 0 Å². The minimum Gasteiger partial charge on any atom is -0.251 e. The zero-order valence-corrected chi connectivity index (χ0v) is 6.75. The second-order valence-electron chi connectivity index (χ2n) is 1.67. The third-order valence-electron chi connectivity index (χ3n) is 0.741. The molecule has 0 aromatic carbocycles. The summed E-state index contributed by atoms with van der Waals surface area (Å²) in [6, 6.07) is 0. The molecule has 13 heavy (non-hydrogen) atoms. The van der Waals surface area contributed by atoms with Crippen molar-refractivity contribution in [1.29, 1.82) is 0 Å². The highest BCUT2D eigenvalue weighted by Crippen LogP contribution is 2.37. The first kappa shape index (κ1) is 12.5. The molecule has 4 nitrogen and oxygen atoms in total. The molecule has 0 aliphatic heterocycles. The lowest BCUT2D eigenvalue weighted by atomic mass is 10.6. The van der Waals surface area contributed by atoms with Crippen molar-refractivity contribution >= 4 is 10.4 Å². The number of hydrogen-bond donors (Lipinski definition) is 0. The topological polar surface area (TPSA) is 52.6 Å². The lowest BCUT2D eigenvalue weighted by molar-refractivity contribution is -0.361. The van der Waals surface area contributed by atoms with E-state index in [-0.39, 0.29) is 0 Å². The largest absolute Gasteiger partial charge is 0.484 e. The van der Waals surface area contributed by atoms with Crippen molar-refractivity contribution in [3.63, 3.8) is 0 Å². The van der Waals surface area contributed by atoms with Crippen LogP contribution in [0.25, 0.3) is 0 Å². The fourth-order valence-electron chi connectivity index (χ4n) is 0.209. The quantitative estimate of drug-likeness (QED) is 0.680. The number of alkyl halides is 5. The van der Waals surface area contributed by atoms with E-state index in [1.807, 2.05) is 0 Å². The molecule has 0 bridgehead atoms. The lowest BCUT2D eigenvalue weighted by Gasteiger charge is -2.17. The van der Waals surface area contributed by atoms with Crippen LogP contribution in [-0.4, -0.2) is 27.8 Å². The Morgan fingerprint density at radius 3 is 1.69 bits per heavy atom. The molecule has 0 aromatic rings. The molecule has 0 heterocycles. The maximum Gasteiger partial charge on any atom is 0.484 e. The van der Waals surface area contributed by atoms with Gasteiger partial charge in [-0.25, -0.2) is 0 Å². The van der Waals surface area contributed by atoms with Gasteiger partial charge < -0.3 is 0 Å². The second-order valence-corrected chi connectivity index (χ2v) is 2.99. The van der Waals surface area contributed by atoms with E-state index >= 15 is 0 Å². The van der Waals surface area contributed by atoms with Crippen LogP contribution in [0, 0.1) is 0 Å². The molecular weight excluding hydrogens is 227 g/mol. The summed E-state index contributed by atoms with van der Waals surface area (Å²) in [5.74, 6) is 0. The minimum absolute atomic E-state index is 0.377. The van der Waals surface area contributed by atoms with Gasteiger partial charge in [-0.1, -0.05) is 0 Å². The molecule has 0 N–H and O–H groups in total. The maximum absolute atomic E-state index is 11.8. The van der Waals surface area contributed by atoms with Gasteiger partial charge in [-0.3, -0.25) is 4.18 Å². The van der Waals surface area contributed by atoms with Crippen LogP contribution in [0.2, 0.25) is 0 Å². The van der Waals surface area contributed by atoms with Crippen LogP contribution in [-0.2, 0) is 18.8 Å². The maximum atomic E-state index is 11.8. The fraction of sp³-hybridized carbons (Fsp3) is 1.00. The Kier molecular flexibility index (Phi) is 3.22. The highest BCUT2D eigenvalue weighted by Gasteiger charge is 2.62. The van der Waals surface area contributed by atoms with Crippen LogP contribution in [0.4, 0.5) is 22.0 Å². The standard InChI is InChI=1S/C3H3F5O4S/c1-11-13(9,10)12-3(7,8)2(4,5)6/h1H3. The van der Waals surface area contributed by atoms with Crippen molar-refractivity contribution in [2.45, 2.75) is 12.3 Å². The second kappa shape index (κ2) is 3.35. The number of hydrogen-bond acceptors (Lipinski definition) is 4. The highest BCUT2D eigenvalue weighted by molar-refractivity contribution is 7.81. The predicted molar refractivity (Wildman–Crippen MR) is 28.0 cm³/mol. The summed E-state index contributed by atoms with van der Waals surface area (Å²) >= 11 is 0. The van der Waals surface area contributed by atoms with Gasteiger partial charge in [-0.15, -0.1) is 0 Å². The molecule has 0 amide bonds. The van der Waals surface area contributed by atoms with Gasteiger partial charge in [-0.05, 0) is 0 Å². The minimum atomic E-state index is -6.11. The number of halogens is 5. The molecule has 0 aliphatic carbocycles. The molecule has 0 rings (SSSR count). The van der Waals surface area contributed by atoms with E-state index < -0.39 is 22.7 Å². The van der Waals surface area contributed by atoms with Gasteiger partial charge in [0.05, 0.1) is 7.11 Å². The zero-order valence-electron chi connectivity index (χ0n) is 5.93. The van der Waals surface area contributed by atoms with E-state index in [4.69, 9.17) is 0 Å². The molecule has 0 radical (unpaired) electrons. The highest BCUT2D eigenvalue weighted by atomic mass is 32.3. The molecule has 0 spiro atoms. The summed E-state index contributed by atoms with van der Waals surface area (Å²) in [4.78, 5) is 0. The van der Waals surface area contributed by atoms with E-state index in [0.29, 0.717) is 7.11 Å². The van der Waals surface area contributed by atoms with E-state index in [1.165, 1.54) is 0 Å². The first-order chi connectivity index (χ1) is 5.52. The molecule has 0 aromatic heterocycles. The van der Waals surface area contributed by atoms with Crippen molar-refractivity contribution in [2.24, 2.45) is 0 Å². The van der Waals surface area contributed by atoms with Crippen molar-refractivity contribution in [3.05, 3.63) is 0 Å². The molecule has 0 saturated carbocycles. The molecule has 0 aliphatic rings. The Labute approximate surface area is 69.6 Å². The Bertz CT molecular complexity index is 266. The molecule has 10 heteroatoms. The van der Waals surface area contributed by atoms with Gasteiger partial charge in [0.2, 0.25) is 0 Å². The van der Waals surface area contributed by atoms with Gasteiger partial charge in [0.1, 0.15) is 0 Å². The van der Waals surface area contributed by atoms with Gasteiger partial charge in [0.15, 0.2) is 0 Å². The molecule has 0 unspecified atom stereocenters. The lowest BCUT2D eigenvalue weighted by Crippen LogP contribution is -2.41. The van der Waals surface area contributed by atoms with Crippen molar-refractivity contribution < 1.29 is 38.7 Å². The molecule has 80 valence electrons. The summed E-state index contributed by atoms with van der Waals surface area (Å²) in [5, 5.41) is 0. The Morgan fingerprint density at radius 1 is 1.08 bits per heavy atom. The van der Waals surface area contributed by atoms with Crippen molar-refractivity contribution in [2.75, 3.05) is 7.11 Å². The van der Waals surface area contributed by atoms with E-state index in [9.17, 15) is 30.4 Å². The van der Waals surface area contributed by atoms with Gasteiger partial charge >= 0.3 is 22.7 Å². The Morgan fingerprint density at radius 2 is 1.46 bits per heavy atom. The fourth-order valence-corrected chi connectivity index (χ4v) is 0.628. The molecule has 0 fully saturated rings.